The quantitative estimate of drug-likeness (QED) is 0.673. The minimum absolute atomic E-state index is 0.463. The van der Waals surface area contributed by atoms with Gasteiger partial charge in [0, 0.05) is 29.8 Å². The van der Waals surface area contributed by atoms with E-state index in [0.717, 1.165) is 12.0 Å². The molecule has 0 saturated heterocycles. The molecule has 2 N–H and O–H groups in total. The summed E-state index contributed by atoms with van der Waals surface area (Å²) in [6.45, 7) is 1.99. The molecule has 0 radical (unpaired) electrons. The molecule has 2 amide bonds. The molecule has 0 aliphatic carbocycles. The highest BCUT2D eigenvalue weighted by Gasteiger charge is 2.15. The number of nitrogens with zero attached hydrogens (tertiary/aromatic N) is 1. The van der Waals surface area contributed by atoms with Crippen LogP contribution < -0.4 is 15.4 Å². The molecule has 0 bridgehead atoms. The van der Waals surface area contributed by atoms with Crippen LogP contribution in [0.25, 0.3) is 0 Å². The molecule has 1 heterocycles. The van der Waals surface area contributed by atoms with Crippen molar-refractivity contribution in [2.75, 3.05) is 10.6 Å². The summed E-state index contributed by atoms with van der Waals surface area (Å²) < 4.78 is 5.70. The van der Waals surface area contributed by atoms with E-state index in [9.17, 15) is 9.59 Å². The van der Waals surface area contributed by atoms with Gasteiger partial charge in [0.1, 0.15) is 11.5 Å². The number of carbonyl (C=O) groups excluding carboxylic acids is 2. The Morgan fingerprint density at radius 1 is 0.889 bits per heavy atom. The summed E-state index contributed by atoms with van der Waals surface area (Å²) in [5.74, 6) is -0.309. The second kappa shape index (κ2) is 8.62. The maximum Gasteiger partial charge on any atom is 0.314 e. The van der Waals surface area contributed by atoms with Gasteiger partial charge in [-0.25, -0.2) is 0 Å². The number of ether oxygens (including phenoxy) is 1. The van der Waals surface area contributed by atoms with E-state index in [1.165, 1.54) is 0 Å². The predicted molar refractivity (Wildman–Crippen MR) is 104 cm³/mol. The molecule has 6 nitrogen and oxygen atoms in total. The molecule has 0 aliphatic rings. The van der Waals surface area contributed by atoms with Gasteiger partial charge in [0.05, 0.1) is 0 Å². The second-order valence-electron chi connectivity index (χ2n) is 5.73. The van der Waals surface area contributed by atoms with Gasteiger partial charge in [-0.15, -0.1) is 0 Å². The molecule has 1 aromatic heterocycles. The first-order chi connectivity index (χ1) is 13.2. The standard InChI is InChI=1S/C21H19N3O3/c1-2-15-6-3-4-9-19(15)24-21(26)20(25)23-16-7-5-8-18(14-16)27-17-10-12-22-13-11-17/h3-14H,2H2,1H3,(H,23,25)(H,24,26). The average molecular weight is 361 g/mol. The number of amides is 2. The summed E-state index contributed by atoms with van der Waals surface area (Å²) in [5, 5.41) is 5.23. The number of benzene rings is 2. The molecule has 0 spiro atoms. The summed E-state index contributed by atoms with van der Waals surface area (Å²) in [4.78, 5) is 28.3. The van der Waals surface area contributed by atoms with E-state index in [1.54, 1.807) is 54.9 Å². The molecule has 27 heavy (non-hydrogen) atoms. The van der Waals surface area contributed by atoms with Crippen LogP contribution in [0.15, 0.2) is 73.1 Å². The van der Waals surface area contributed by atoms with Crippen molar-refractivity contribution in [1.29, 1.82) is 0 Å². The predicted octanol–water partition coefficient (Wildman–Crippen LogP) is 4.01. The minimum Gasteiger partial charge on any atom is -0.457 e. The number of hydrogen-bond donors (Lipinski definition) is 2. The largest absolute Gasteiger partial charge is 0.457 e. The van der Waals surface area contributed by atoms with E-state index in [1.807, 2.05) is 25.1 Å². The molecule has 2 aromatic carbocycles. The van der Waals surface area contributed by atoms with E-state index >= 15 is 0 Å². The van der Waals surface area contributed by atoms with E-state index < -0.39 is 11.8 Å². The Balaban J connectivity index is 1.65. The molecular weight excluding hydrogens is 342 g/mol. The molecule has 0 saturated carbocycles. The zero-order valence-electron chi connectivity index (χ0n) is 14.8. The molecule has 6 heteroatoms. The first-order valence-electron chi connectivity index (χ1n) is 8.54. The highest BCUT2D eigenvalue weighted by atomic mass is 16.5. The van der Waals surface area contributed by atoms with Gasteiger partial charge in [0.15, 0.2) is 0 Å². The van der Waals surface area contributed by atoms with Crippen LogP contribution in [-0.2, 0) is 16.0 Å². The Bertz CT molecular complexity index is 942. The number of pyridine rings is 1. The number of nitrogens with one attached hydrogen (secondary N) is 2. The van der Waals surface area contributed by atoms with Gasteiger partial charge in [-0.05, 0) is 42.3 Å². The number of anilines is 2. The molecule has 0 atom stereocenters. The van der Waals surface area contributed by atoms with Gasteiger partial charge in [-0.1, -0.05) is 31.2 Å². The number of aromatic nitrogens is 1. The number of rotatable bonds is 5. The number of aryl methyl sites for hydroxylation is 1. The molecular formula is C21H19N3O3. The number of para-hydroxylation sites is 1. The van der Waals surface area contributed by atoms with Gasteiger partial charge >= 0.3 is 11.8 Å². The fourth-order valence-electron chi connectivity index (χ4n) is 2.50. The maximum absolute atomic E-state index is 12.2. The third-order valence-corrected chi connectivity index (χ3v) is 3.83. The molecule has 0 unspecified atom stereocenters. The van der Waals surface area contributed by atoms with Gasteiger partial charge in [0.2, 0.25) is 0 Å². The topological polar surface area (TPSA) is 80.3 Å². The lowest BCUT2D eigenvalue weighted by Crippen LogP contribution is -2.29. The average Bonchev–Trinajstić information content (AvgIpc) is 2.69. The normalized spacial score (nSPS) is 10.1. The maximum atomic E-state index is 12.2. The third kappa shape index (κ3) is 4.92. The summed E-state index contributed by atoms with van der Waals surface area (Å²) in [5.41, 5.74) is 2.06. The number of hydrogen-bond acceptors (Lipinski definition) is 4. The van der Waals surface area contributed by atoms with E-state index in [2.05, 4.69) is 15.6 Å². The molecule has 136 valence electrons. The van der Waals surface area contributed by atoms with Crippen LogP contribution in [0.1, 0.15) is 12.5 Å². The zero-order valence-corrected chi connectivity index (χ0v) is 14.8. The van der Waals surface area contributed by atoms with Crippen molar-refractivity contribution < 1.29 is 14.3 Å². The minimum atomic E-state index is -0.748. The molecule has 0 fully saturated rings. The summed E-state index contributed by atoms with van der Waals surface area (Å²) in [6, 6.07) is 17.7. The van der Waals surface area contributed by atoms with Gasteiger partial charge in [-0.3, -0.25) is 14.6 Å². The van der Waals surface area contributed by atoms with Crippen LogP contribution in [-0.4, -0.2) is 16.8 Å². The fourth-order valence-corrected chi connectivity index (χ4v) is 2.50. The second-order valence-corrected chi connectivity index (χ2v) is 5.73. The SMILES string of the molecule is CCc1ccccc1NC(=O)C(=O)Nc1cccc(Oc2ccncc2)c1. The Hall–Kier alpha value is -3.67. The smallest absolute Gasteiger partial charge is 0.314 e. The van der Waals surface area contributed by atoms with E-state index in [4.69, 9.17) is 4.74 Å². The Labute approximate surface area is 157 Å². The van der Waals surface area contributed by atoms with Crippen LogP contribution >= 0.6 is 0 Å². The van der Waals surface area contributed by atoms with Crippen molar-refractivity contribution in [3.63, 3.8) is 0 Å². The van der Waals surface area contributed by atoms with Crippen molar-refractivity contribution in [1.82, 2.24) is 4.98 Å². The Morgan fingerprint density at radius 3 is 2.41 bits per heavy atom. The highest BCUT2D eigenvalue weighted by molar-refractivity contribution is 6.43. The summed E-state index contributed by atoms with van der Waals surface area (Å²) in [6.07, 6.45) is 4.01. The first-order valence-corrected chi connectivity index (χ1v) is 8.54. The van der Waals surface area contributed by atoms with E-state index in [0.29, 0.717) is 22.9 Å². The van der Waals surface area contributed by atoms with Crippen LogP contribution in [0, 0.1) is 0 Å². The third-order valence-electron chi connectivity index (χ3n) is 3.83. The van der Waals surface area contributed by atoms with Crippen molar-refractivity contribution in [3.05, 3.63) is 78.6 Å². The lowest BCUT2D eigenvalue weighted by atomic mass is 10.1. The van der Waals surface area contributed by atoms with Crippen LogP contribution in [0.2, 0.25) is 0 Å². The molecule has 0 aliphatic heterocycles. The fraction of sp³-hybridized carbons (Fsp3) is 0.0952. The number of carbonyl (C=O) groups is 2. The van der Waals surface area contributed by atoms with Crippen molar-refractivity contribution in [2.45, 2.75) is 13.3 Å². The summed E-state index contributed by atoms with van der Waals surface area (Å²) in [7, 11) is 0. The van der Waals surface area contributed by atoms with Crippen molar-refractivity contribution in [2.24, 2.45) is 0 Å². The Kier molecular flexibility index (Phi) is 5.79. The zero-order chi connectivity index (χ0) is 19.1. The van der Waals surface area contributed by atoms with Crippen molar-refractivity contribution >= 4 is 23.2 Å². The van der Waals surface area contributed by atoms with Gasteiger partial charge in [-0.2, -0.15) is 0 Å². The van der Waals surface area contributed by atoms with Crippen LogP contribution in [0.3, 0.4) is 0 Å². The lowest BCUT2D eigenvalue weighted by molar-refractivity contribution is -0.133. The molecule has 3 rings (SSSR count). The van der Waals surface area contributed by atoms with Gasteiger partial charge in [0.25, 0.3) is 0 Å². The lowest BCUT2D eigenvalue weighted by Gasteiger charge is -2.11. The first kappa shape index (κ1) is 18.1. The van der Waals surface area contributed by atoms with Crippen molar-refractivity contribution in [3.8, 4) is 11.5 Å². The highest BCUT2D eigenvalue weighted by Crippen LogP contribution is 2.23. The van der Waals surface area contributed by atoms with E-state index in [-0.39, 0.29) is 0 Å². The van der Waals surface area contributed by atoms with Gasteiger partial charge < -0.3 is 15.4 Å². The Morgan fingerprint density at radius 2 is 1.63 bits per heavy atom. The van der Waals surface area contributed by atoms with Crippen LogP contribution in [0.5, 0.6) is 11.5 Å². The molecule has 3 aromatic rings. The summed E-state index contributed by atoms with van der Waals surface area (Å²) >= 11 is 0. The monoisotopic (exact) mass is 361 g/mol. The van der Waals surface area contributed by atoms with Crippen LogP contribution in [0.4, 0.5) is 11.4 Å².